The van der Waals surface area contributed by atoms with Crippen LogP contribution in [0.5, 0.6) is 5.88 Å². The highest BCUT2D eigenvalue weighted by molar-refractivity contribution is 5.31. The van der Waals surface area contributed by atoms with Crippen LogP contribution in [0.25, 0.3) is 0 Å². The summed E-state index contributed by atoms with van der Waals surface area (Å²) in [5.74, 6) is 0.946. The molecule has 13 heavy (non-hydrogen) atoms. The molecule has 0 aromatic carbocycles. The first kappa shape index (κ1) is 9.89. The van der Waals surface area contributed by atoms with Gasteiger partial charge in [-0.05, 0) is 6.42 Å². The predicted molar refractivity (Wildman–Crippen MR) is 49.3 cm³/mol. The molecule has 0 unspecified atom stereocenters. The van der Waals surface area contributed by atoms with Gasteiger partial charge in [-0.25, -0.2) is 0 Å². The zero-order chi connectivity index (χ0) is 9.84. The predicted octanol–water partition coefficient (Wildman–Crippen LogP) is 1.22. The highest BCUT2D eigenvalue weighted by Crippen LogP contribution is 2.18. The van der Waals surface area contributed by atoms with Crippen molar-refractivity contribution in [2.24, 2.45) is 0 Å². The van der Waals surface area contributed by atoms with Crippen molar-refractivity contribution in [2.45, 2.75) is 39.7 Å². The van der Waals surface area contributed by atoms with Crippen molar-refractivity contribution in [1.29, 1.82) is 0 Å². The standard InChI is InChI=1S/C9H16N2O2/c1-3-5-7-11(6-4-2)9(12)8(10)13-7/h3-6,10H2,1-2H3/p+1. The van der Waals surface area contributed by atoms with E-state index in [1.807, 2.05) is 6.92 Å². The number of hydrogen-bond donors (Lipinski definition) is 2. The molecule has 1 rings (SSSR count). The zero-order valence-electron chi connectivity index (χ0n) is 8.21. The average molecular weight is 185 g/mol. The summed E-state index contributed by atoms with van der Waals surface area (Å²) in [6.45, 7) is 4.86. The van der Waals surface area contributed by atoms with Crippen LogP contribution < -0.4 is 10.3 Å². The number of aryl methyl sites for hydroxylation is 1. The fraction of sp³-hybridized carbons (Fsp3) is 0.667. The first-order valence-electron chi connectivity index (χ1n) is 4.70. The molecule has 4 nitrogen and oxygen atoms in total. The number of nitrogens with zero attached hydrogens (tertiary/aromatic N) is 1. The van der Waals surface area contributed by atoms with Crippen LogP contribution in [0.2, 0.25) is 0 Å². The Labute approximate surface area is 78.0 Å². The van der Waals surface area contributed by atoms with Gasteiger partial charge in [0.15, 0.2) is 6.54 Å². The van der Waals surface area contributed by atoms with E-state index in [9.17, 15) is 5.11 Å². The Morgan fingerprint density at radius 1 is 1.38 bits per heavy atom. The molecule has 0 fully saturated rings. The largest absolute Gasteiger partial charge is 0.456 e. The molecule has 0 aliphatic rings. The van der Waals surface area contributed by atoms with Gasteiger partial charge in [-0.2, -0.15) is 0 Å². The quantitative estimate of drug-likeness (QED) is 0.693. The second-order valence-electron chi connectivity index (χ2n) is 3.09. The van der Waals surface area contributed by atoms with Crippen molar-refractivity contribution >= 4 is 5.88 Å². The summed E-state index contributed by atoms with van der Waals surface area (Å²) >= 11 is 0. The van der Waals surface area contributed by atoms with Crippen molar-refractivity contribution in [3.8, 4) is 5.88 Å². The summed E-state index contributed by atoms with van der Waals surface area (Å²) in [5.41, 5.74) is 5.46. The van der Waals surface area contributed by atoms with Crippen LogP contribution >= 0.6 is 0 Å². The molecular weight excluding hydrogens is 168 g/mol. The van der Waals surface area contributed by atoms with Crippen molar-refractivity contribution in [2.75, 3.05) is 5.73 Å². The van der Waals surface area contributed by atoms with Crippen molar-refractivity contribution in [1.82, 2.24) is 0 Å². The van der Waals surface area contributed by atoms with Gasteiger partial charge in [-0.3, -0.25) is 0 Å². The summed E-state index contributed by atoms with van der Waals surface area (Å²) in [6.07, 6.45) is 2.74. The van der Waals surface area contributed by atoms with Crippen molar-refractivity contribution < 1.29 is 14.1 Å². The van der Waals surface area contributed by atoms with Crippen LogP contribution in [0.15, 0.2) is 4.42 Å². The molecule has 0 spiro atoms. The topological polar surface area (TPSA) is 63.3 Å². The molecule has 0 aliphatic heterocycles. The third kappa shape index (κ3) is 1.94. The van der Waals surface area contributed by atoms with Gasteiger partial charge in [-0.15, -0.1) is 4.57 Å². The number of aromatic hydroxyl groups is 1. The lowest BCUT2D eigenvalue weighted by molar-refractivity contribution is -0.712. The molecule has 1 aromatic heterocycles. The highest BCUT2D eigenvalue weighted by atomic mass is 16.4. The Kier molecular flexibility index (Phi) is 3.17. The van der Waals surface area contributed by atoms with E-state index in [-0.39, 0.29) is 11.8 Å². The van der Waals surface area contributed by atoms with Gasteiger partial charge in [0.05, 0.1) is 6.42 Å². The minimum absolute atomic E-state index is 0.0605. The van der Waals surface area contributed by atoms with Gasteiger partial charge in [0.2, 0.25) is 0 Å². The molecule has 1 heterocycles. The van der Waals surface area contributed by atoms with Crippen LogP contribution in [-0.2, 0) is 13.0 Å². The van der Waals surface area contributed by atoms with Crippen LogP contribution in [-0.4, -0.2) is 5.11 Å². The Balaban J connectivity index is 2.96. The molecule has 0 bridgehead atoms. The van der Waals surface area contributed by atoms with Gasteiger partial charge in [0.1, 0.15) is 0 Å². The Bertz CT molecular complexity index is 281. The van der Waals surface area contributed by atoms with E-state index in [2.05, 4.69) is 6.92 Å². The number of hydrogen-bond acceptors (Lipinski definition) is 3. The van der Waals surface area contributed by atoms with E-state index < -0.39 is 0 Å². The summed E-state index contributed by atoms with van der Waals surface area (Å²) in [5, 5.41) is 9.52. The van der Waals surface area contributed by atoms with Crippen molar-refractivity contribution in [3.63, 3.8) is 0 Å². The van der Waals surface area contributed by atoms with E-state index in [0.717, 1.165) is 31.7 Å². The van der Waals surface area contributed by atoms with E-state index in [0.29, 0.717) is 0 Å². The first-order chi connectivity index (χ1) is 6.20. The lowest BCUT2D eigenvalue weighted by Gasteiger charge is -1.92. The average Bonchev–Trinajstić information content (AvgIpc) is 2.34. The first-order valence-corrected chi connectivity index (χ1v) is 4.70. The normalized spacial score (nSPS) is 10.6. The van der Waals surface area contributed by atoms with Gasteiger partial charge in [-0.1, -0.05) is 13.8 Å². The smallest absolute Gasteiger partial charge is 0.430 e. The SMILES string of the molecule is CCCc1oc(N)c(O)[n+]1CCC. The summed E-state index contributed by atoms with van der Waals surface area (Å²) in [7, 11) is 0. The lowest BCUT2D eigenvalue weighted by atomic mass is 10.3. The molecule has 4 heteroatoms. The van der Waals surface area contributed by atoms with Gasteiger partial charge >= 0.3 is 17.7 Å². The number of aromatic nitrogens is 1. The van der Waals surface area contributed by atoms with E-state index in [1.165, 1.54) is 0 Å². The zero-order valence-corrected chi connectivity index (χ0v) is 8.21. The Morgan fingerprint density at radius 2 is 2.08 bits per heavy atom. The van der Waals surface area contributed by atoms with E-state index in [4.69, 9.17) is 10.2 Å². The highest BCUT2D eigenvalue weighted by Gasteiger charge is 2.24. The molecule has 0 radical (unpaired) electrons. The van der Waals surface area contributed by atoms with Crippen molar-refractivity contribution in [3.05, 3.63) is 5.89 Å². The molecule has 1 aromatic rings. The minimum atomic E-state index is 0.0605. The second kappa shape index (κ2) is 4.16. The maximum absolute atomic E-state index is 9.52. The lowest BCUT2D eigenvalue weighted by Crippen LogP contribution is -2.35. The molecule has 3 N–H and O–H groups in total. The number of nitrogen functional groups attached to an aromatic ring is 1. The number of anilines is 1. The molecule has 0 atom stereocenters. The maximum atomic E-state index is 9.52. The molecule has 0 saturated carbocycles. The maximum Gasteiger partial charge on any atom is 0.430 e. The third-order valence-electron chi connectivity index (χ3n) is 1.92. The van der Waals surface area contributed by atoms with E-state index >= 15 is 0 Å². The molecule has 0 aliphatic carbocycles. The molecule has 0 saturated heterocycles. The number of nitrogens with two attached hydrogens (primary N) is 1. The Hall–Kier alpha value is -1.19. The second-order valence-corrected chi connectivity index (χ2v) is 3.09. The molecule has 0 amide bonds. The van der Waals surface area contributed by atoms with Gasteiger partial charge < -0.3 is 15.3 Å². The summed E-state index contributed by atoms with van der Waals surface area (Å²) < 4.78 is 6.96. The van der Waals surface area contributed by atoms with Gasteiger partial charge in [0, 0.05) is 6.42 Å². The van der Waals surface area contributed by atoms with Crippen LogP contribution in [0.3, 0.4) is 0 Å². The number of rotatable bonds is 4. The van der Waals surface area contributed by atoms with Crippen LogP contribution in [0.1, 0.15) is 32.6 Å². The monoisotopic (exact) mass is 185 g/mol. The van der Waals surface area contributed by atoms with Gasteiger partial charge in [0.25, 0.3) is 0 Å². The molecule has 74 valence electrons. The van der Waals surface area contributed by atoms with E-state index in [1.54, 1.807) is 4.57 Å². The summed E-state index contributed by atoms with van der Waals surface area (Å²) in [6, 6.07) is 0. The third-order valence-corrected chi connectivity index (χ3v) is 1.92. The minimum Gasteiger partial charge on any atom is -0.456 e. The fourth-order valence-electron chi connectivity index (χ4n) is 1.33. The molecular formula is C9H17N2O2+. The number of oxazole rings is 1. The van der Waals surface area contributed by atoms with Crippen LogP contribution in [0, 0.1) is 0 Å². The fourth-order valence-corrected chi connectivity index (χ4v) is 1.33. The summed E-state index contributed by atoms with van der Waals surface area (Å²) in [4.78, 5) is 0. The van der Waals surface area contributed by atoms with Crippen LogP contribution in [0.4, 0.5) is 5.88 Å². The Morgan fingerprint density at radius 3 is 2.62 bits per heavy atom.